The second kappa shape index (κ2) is 11.4. The highest BCUT2D eigenvalue weighted by Crippen LogP contribution is 2.12. The molecule has 1 amide bonds. The summed E-state index contributed by atoms with van der Waals surface area (Å²) in [5.74, 6) is -0.820. The number of carbonyl (C=O) groups excluding carboxylic acids is 3. The molecule has 0 atom stereocenters. The van der Waals surface area contributed by atoms with Gasteiger partial charge < -0.3 is 19.5 Å². The van der Waals surface area contributed by atoms with Gasteiger partial charge in [-0.3, -0.25) is 4.79 Å². The summed E-state index contributed by atoms with van der Waals surface area (Å²) in [4.78, 5) is 36.2. The van der Waals surface area contributed by atoms with Gasteiger partial charge in [0.25, 0.3) is 5.91 Å². The summed E-state index contributed by atoms with van der Waals surface area (Å²) in [7, 11) is 1.60. The Morgan fingerprint density at radius 3 is 2.20 bits per heavy atom. The first-order chi connectivity index (χ1) is 14.4. The van der Waals surface area contributed by atoms with Gasteiger partial charge in [-0.05, 0) is 43.2 Å². The second-order valence-electron chi connectivity index (χ2n) is 6.45. The van der Waals surface area contributed by atoms with E-state index < -0.39 is 11.9 Å². The molecule has 30 heavy (non-hydrogen) atoms. The molecule has 0 bridgehead atoms. The van der Waals surface area contributed by atoms with Gasteiger partial charge in [0, 0.05) is 12.1 Å². The van der Waals surface area contributed by atoms with Gasteiger partial charge in [0.15, 0.2) is 0 Å². The lowest BCUT2D eigenvalue weighted by atomic mass is 10.1. The van der Waals surface area contributed by atoms with Crippen molar-refractivity contribution in [1.29, 1.82) is 0 Å². The molecule has 158 valence electrons. The van der Waals surface area contributed by atoms with Crippen LogP contribution < -0.4 is 10.1 Å². The zero-order chi connectivity index (χ0) is 21.9. The Labute approximate surface area is 175 Å². The van der Waals surface area contributed by atoms with Crippen molar-refractivity contribution in [3.05, 3.63) is 77.4 Å². The molecule has 0 fully saturated rings. The second-order valence-corrected chi connectivity index (χ2v) is 6.45. The van der Waals surface area contributed by atoms with E-state index in [2.05, 4.69) is 11.9 Å². The molecular weight excluding hydrogens is 386 g/mol. The Kier molecular flexibility index (Phi) is 8.62. The van der Waals surface area contributed by atoms with Crippen molar-refractivity contribution in [3.8, 4) is 5.75 Å². The molecule has 0 aromatic heterocycles. The van der Waals surface area contributed by atoms with E-state index in [1.807, 2.05) is 24.3 Å². The van der Waals surface area contributed by atoms with Crippen molar-refractivity contribution in [2.45, 2.75) is 13.3 Å². The number of benzene rings is 2. The third-order valence-electron chi connectivity index (χ3n) is 4.15. The van der Waals surface area contributed by atoms with Gasteiger partial charge in [-0.2, -0.15) is 0 Å². The predicted molar refractivity (Wildman–Crippen MR) is 112 cm³/mol. The average Bonchev–Trinajstić information content (AvgIpc) is 2.76. The van der Waals surface area contributed by atoms with Gasteiger partial charge in [-0.1, -0.05) is 30.8 Å². The van der Waals surface area contributed by atoms with Crippen molar-refractivity contribution < 1.29 is 28.6 Å². The minimum Gasteiger partial charge on any atom is -0.497 e. The summed E-state index contributed by atoms with van der Waals surface area (Å²) in [6.07, 6.45) is 0.635. The number of carbonyl (C=O) groups is 3. The van der Waals surface area contributed by atoms with Crippen molar-refractivity contribution in [3.63, 3.8) is 0 Å². The molecule has 0 aliphatic heterocycles. The van der Waals surface area contributed by atoms with E-state index in [-0.39, 0.29) is 35.8 Å². The van der Waals surface area contributed by atoms with Crippen LogP contribution in [0.5, 0.6) is 5.75 Å². The molecule has 0 saturated carbocycles. The topological polar surface area (TPSA) is 90.9 Å². The van der Waals surface area contributed by atoms with Crippen LogP contribution in [-0.2, 0) is 20.7 Å². The fraction of sp³-hybridized carbons (Fsp3) is 0.261. The van der Waals surface area contributed by atoms with Crippen LogP contribution in [0.1, 0.15) is 33.2 Å². The van der Waals surface area contributed by atoms with Gasteiger partial charge in [-0.15, -0.1) is 0 Å². The van der Waals surface area contributed by atoms with E-state index >= 15 is 0 Å². The Hall–Kier alpha value is -3.61. The molecule has 2 aromatic carbocycles. The van der Waals surface area contributed by atoms with Gasteiger partial charge in [0.05, 0.1) is 18.2 Å². The van der Waals surface area contributed by atoms with Crippen molar-refractivity contribution in [1.82, 2.24) is 5.32 Å². The molecule has 0 heterocycles. The van der Waals surface area contributed by atoms with E-state index in [0.717, 1.165) is 11.3 Å². The molecule has 0 aliphatic carbocycles. The summed E-state index contributed by atoms with van der Waals surface area (Å²) in [5.41, 5.74) is 1.67. The maximum absolute atomic E-state index is 12.5. The third kappa shape index (κ3) is 6.77. The number of amides is 1. The average molecular weight is 411 g/mol. The number of esters is 2. The highest BCUT2D eigenvalue weighted by molar-refractivity contribution is 6.05. The van der Waals surface area contributed by atoms with Gasteiger partial charge in [0.1, 0.15) is 19.0 Å². The lowest BCUT2D eigenvalue weighted by molar-refractivity contribution is -0.140. The number of ether oxygens (including phenoxy) is 3. The van der Waals surface area contributed by atoms with E-state index in [0.29, 0.717) is 13.0 Å². The van der Waals surface area contributed by atoms with Gasteiger partial charge >= 0.3 is 11.9 Å². The lowest BCUT2D eigenvalue weighted by Crippen LogP contribution is -2.27. The fourth-order valence-electron chi connectivity index (χ4n) is 2.54. The Morgan fingerprint density at radius 1 is 0.933 bits per heavy atom. The van der Waals surface area contributed by atoms with Crippen LogP contribution in [0.4, 0.5) is 0 Å². The molecule has 7 nitrogen and oxygen atoms in total. The van der Waals surface area contributed by atoms with E-state index in [4.69, 9.17) is 14.2 Å². The van der Waals surface area contributed by atoms with Crippen LogP contribution in [0, 0.1) is 0 Å². The number of methoxy groups -OCH3 is 1. The highest BCUT2D eigenvalue weighted by atomic mass is 16.6. The first kappa shape index (κ1) is 22.7. The first-order valence-corrected chi connectivity index (χ1v) is 9.42. The Bertz CT molecular complexity index is 904. The zero-order valence-electron chi connectivity index (χ0n) is 17.1. The lowest BCUT2D eigenvalue weighted by Gasteiger charge is -2.11. The van der Waals surface area contributed by atoms with E-state index in [1.165, 1.54) is 13.0 Å². The van der Waals surface area contributed by atoms with Crippen molar-refractivity contribution >= 4 is 17.8 Å². The fourth-order valence-corrected chi connectivity index (χ4v) is 2.54. The number of nitrogens with one attached hydrogen (secondary N) is 1. The SMILES string of the molecule is C=C(C)C(=O)OCCOC(=O)c1ccccc1C(=O)NCCc1ccc(OC)cc1. The third-order valence-corrected chi connectivity index (χ3v) is 4.15. The minimum absolute atomic E-state index is 0.0896. The van der Waals surface area contributed by atoms with Crippen LogP contribution in [0.15, 0.2) is 60.7 Å². The summed E-state index contributed by atoms with van der Waals surface area (Å²) in [6.45, 7) is 5.19. The molecule has 1 N–H and O–H groups in total. The maximum atomic E-state index is 12.5. The predicted octanol–water partition coefficient (Wildman–Crippen LogP) is 2.94. The largest absolute Gasteiger partial charge is 0.497 e. The molecule has 2 rings (SSSR count). The van der Waals surface area contributed by atoms with Crippen LogP contribution in [-0.4, -0.2) is 44.7 Å². The molecule has 2 aromatic rings. The number of hydrogen-bond acceptors (Lipinski definition) is 6. The van der Waals surface area contributed by atoms with Gasteiger partial charge in [-0.25, -0.2) is 9.59 Å². The minimum atomic E-state index is -0.665. The standard InChI is InChI=1S/C23H25NO6/c1-16(2)22(26)29-14-15-30-23(27)20-7-5-4-6-19(20)21(25)24-13-12-17-8-10-18(28-3)11-9-17/h4-11H,1,12-15H2,2-3H3,(H,24,25). The van der Waals surface area contributed by atoms with Crippen LogP contribution >= 0.6 is 0 Å². The highest BCUT2D eigenvalue weighted by Gasteiger charge is 2.17. The first-order valence-electron chi connectivity index (χ1n) is 9.42. The van der Waals surface area contributed by atoms with E-state index in [9.17, 15) is 14.4 Å². The van der Waals surface area contributed by atoms with Crippen molar-refractivity contribution in [2.24, 2.45) is 0 Å². The number of hydrogen-bond donors (Lipinski definition) is 1. The Balaban J connectivity index is 1.87. The normalized spacial score (nSPS) is 10.1. The van der Waals surface area contributed by atoms with Crippen LogP contribution in [0.25, 0.3) is 0 Å². The summed E-state index contributed by atoms with van der Waals surface area (Å²) in [5, 5.41) is 2.81. The molecule has 0 aliphatic rings. The van der Waals surface area contributed by atoms with Crippen molar-refractivity contribution in [2.75, 3.05) is 26.9 Å². The molecule has 0 radical (unpaired) electrons. The maximum Gasteiger partial charge on any atom is 0.339 e. The molecule has 7 heteroatoms. The van der Waals surface area contributed by atoms with Gasteiger partial charge in [0.2, 0.25) is 0 Å². The van der Waals surface area contributed by atoms with Crippen LogP contribution in [0.3, 0.4) is 0 Å². The molecule has 0 unspecified atom stereocenters. The Morgan fingerprint density at radius 2 is 1.57 bits per heavy atom. The number of rotatable bonds is 10. The van der Waals surface area contributed by atoms with Crippen LogP contribution in [0.2, 0.25) is 0 Å². The monoisotopic (exact) mass is 411 g/mol. The molecule has 0 spiro atoms. The van der Waals surface area contributed by atoms with E-state index in [1.54, 1.807) is 25.3 Å². The summed E-state index contributed by atoms with van der Waals surface area (Å²) >= 11 is 0. The summed E-state index contributed by atoms with van der Waals surface area (Å²) in [6, 6.07) is 14.0. The zero-order valence-corrected chi connectivity index (χ0v) is 17.1. The smallest absolute Gasteiger partial charge is 0.339 e. The molecular formula is C23H25NO6. The molecule has 0 saturated heterocycles. The summed E-state index contributed by atoms with van der Waals surface area (Å²) < 4.78 is 15.1. The quantitative estimate of drug-likeness (QED) is 0.367.